The second kappa shape index (κ2) is 5.14. The number of hydrogen-bond acceptors (Lipinski definition) is 3. The molecule has 0 unspecified atom stereocenters. The monoisotopic (exact) mass is 263 g/mol. The molecule has 0 saturated carbocycles. The van der Waals surface area contributed by atoms with E-state index in [-0.39, 0.29) is 5.75 Å². The van der Waals surface area contributed by atoms with Crippen LogP contribution in [0.3, 0.4) is 0 Å². The molecule has 1 heterocycles. The van der Waals surface area contributed by atoms with Crippen molar-refractivity contribution in [1.29, 1.82) is 0 Å². The number of H-pyrrole nitrogens is 1. The quantitative estimate of drug-likeness (QED) is 0.432. The number of benzene rings is 1. The van der Waals surface area contributed by atoms with Gasteiger partial charge in [0.25, 0.3) is 0 Å². The molecule has 0 fully saturated rings. The van der Waals surface area contributed by atoms with Crippen LogP contribution in [0, 0.1) is 4.77 Å². The van der Waals surface area contributed by atoms with E-state index in [0.717, 1.165) is 18.7 Å². The summed E-state index contributed by atoms with van der Waals surface area (Å²) in [5.41, 5.74) is 0.528. The predicted molar refractivity (Wildman–Crippen MR) is 70.9 cm³/mol. The Morgan fingerprint density at radius 2 is 2.22 bits per heavy atom. The summed E-state index contributed by atoms with van der Waals surface area (Å²) in [6, 6.07) is 6.84. The van der Waals surface area contributed by atoms with Crippen LogP contribution in [-0.2, 0) is 6.42 Å². The number of hydrogen-bond donors (Lipinski definition) is 3. The molecule has 5 nitrogen and oxygen atoms in total. The lowest BCUT2D eigenvalue weighted by molar-refractivity contribution is -0.117. The third kappa shape index (κ3) is 2.33. The van der Waals surface area contributed by atoms with E-state index in [0.29, 0.717) is 16.2 Å². The topological polar surface area (TPSA) is 79.4 Å². The first-order valence-corrected chi connectivity index (χ1v) is 6.13. The molecule has 0 aliphatic heterocycles. The van der Waals surface area contributed by atoms with Gasteiger partial charge in [-0.05, 0) is 30.8 Å². The van der Waals surface area contributed by atoms with Gasteiger partial charge in [0.2, 0.25) is 0 Å². The molecule has 4 N–H and O–H groups in total. The highest BCUT2D eigenvalue weighted by atomic mass is 32.1. The summed E-state index contributed by atoms with van der Waals surface area (Å²) in [7, 11) is 0. The molecule has 0 radical (unpaired) electrons. The van der Waals surface area contributed by atoms with E-state index < -0.39 is 0 Å². The fourth-order valence-electron chi connectivity index (χ4n) is 1.69. The number of aromatic hydroxyl groups is 1. The largest absolute Gasteiger partial charge is 0.507 e. The summed E-state index contributed by atoms with van der Waals surface area (Å²) in [4.78, 5) is 4.22. The Labute approximate surface area is 110 Å². The summed E-state index contributed by atoms with van der Waals surface area (Å²) in [5, 5.41) is 18.8. The molecule has 0 aliphatic carbocycles. The van der Waals surface area contributed by atoms with Crippen LogP contribution in [0.15, 0.2) is 24.3 Å². The molecule has 1 aromatic carbocycles. The highest BCUT2D eigenvalue weighted by Gasteiger charge is 2.19. The maximum Gasteiger partial charge on any atom is 0.315 e. The van der Waals surface area contributed by atoms with Crippen molar-refractivity contribution in [1.82, 2.24) is 14.8 Å². The van der Waals surface area contributed by atoms with Gasteiger partial charge >= 0.3 is 10.6 Å². The third-order valence-corrected chi connectivity index (χ3v) is 2.84. The Morgan fingerprint density at radius 3 is 2.89 bits per heavy atom. The van der Waals surface area contributed by atoms with Crippen molar-refractivity contribution in [3.05, 3.63) is 40.4 Å². The number of aromatic amines is 1. The normalized spacial score (nSPS) is 10.5. The molecule has 0 bridgehead atoms. The van der Waals surface area contributed by atoms with Crippen molar-refractivity contribution in [3.63, 3.8) is 0 Å². The van der Waals surface area contributed by atoms with Crippen molar-refractivity contribution in [2.75, 3.05) is 0 Å². The van der Waals surface area contributed by atoms with Crippen LogP contribution in [0.5, 0.6) is 5.75 Å². The summed E-state index contributed by atoms with van der Waals surface area (Å²) in [6.07, 6.45) is 1.78. The lowest BCUT2D eigenvalue weighted by Gasteiger charge is -1.99. The average molecular weight is 263 g/mol. The van der Waals surface area contributed by atoms with E-state index in [2.05, 4.69) is 17.0 Å². The van der Waals surface area contributed by atoms with E-state index >= 15 is 0 Å². The standard InChI is InChI=1S/C12H14N4OS/c1-2-5-10-14-12(18)16(15-10)11(13)8-6-3-4-7-9(8)17/h3-4,6-7,13,17H,2,5H2,1H3,(H,14,15,18)/p+1. The average Bonchev–Trinajstić information content (AvgIpc) is 2.71. The van der Waals surface area contributed by atoms with E-state index in [9.17, 15) is 5.11 Å². The number of aryl methyl sites for hydroxylation is 1. The van der Waals surface area contributed by atoms with Gasteiger partial charge in [0, 0.05) is 6.42 Å². The van der Waals surface area contributed by atoms with Crippen molar-refractivity contribution in [3.8, 4) is 5.75 Å². The fourth-order valence-corrected chi connectivity index (χ4v) is 1.94. The van der Waals surface area contributed by atoms with Crippen LogP contribution >= 0.6 is 12.2 Å². The van der Waals surface area contributed by atoms with Crippen LogP contribution < -0.4 is 5.41 Å². The van der Waals surface area contributed by atoms with Crippen molar-refractivity contribution >= 4 is 18.1 Å². The van der Waals surface area contributed by atoms with Crippen molar-refractivity contribution < 1.29 is 10.5 Å². The van der Waals surface area contributed by atoms with E-state index in [1.807, 2.05) is 0 Å². The van der Waals surface area contributed by atoms with E-state index in [1.165, 1.54) is 4.68 Å². The van der Waals surface area contributed by atoms with Crippen molar-refractivity contribution in [2.24, 2.45) is 0 Å². The van der Waals surface area contributed by atoms with Gasteiger partial charge in [-0.15, -0.1) is 0 Å². The summed E-state index contributed by atoms with van der Waals surface area (Å²) >= 11 is 5.14. The van der Waals surface area contributed by atoms with E-state index in [1.54, 1.807) is 24.3 Å². The molecular weight excluding hydrogens is 248 g/mol. The first-order chi connectivity index (χ1) is 8.63. The molecule has 0 spiro atoms. The molecule has 18 heavy (non-hydrogen) atoms. The lowest BCUT2D eigenvalue weighted by atomic mass is 10.2. The number of phenolic OH excluding ortho intramolecular Hbond substituents is 1. The number of para-hydroxylation sites is 1. The maximum atomic E-state index is 9.76. The fraction of sp³-hybridized carbons (Fsp3) is 0.250. The van der Waals surface area contributed by atoms with Gasteiger partial charge in [0.1, 0.15) is 17.1 Å². The Kier molecular flexibility index (Phi) is 3.57. The Balaban J connectivity index is 2.41. The van der Waals surface area contributed by atoms with Crippen LogP contribution in [0.25, 0.3) is 0 Å². The number of nitrogens with one attached hydrogen (secondary N) is 1. The van der Waals surface area contributed by atoms with Gasteiger partial charge in [0.15, 0.2) is 0 Å². The molecule has 2 aromatic rings. The van der Waals surface area contributed by atoms with Crippen LogP contribution in [0.2, 0.25) is 0 Å². The van der Waals surface area contributed by atoms with Gasteiger partial charge in [-0.3, -0.25) is 5.41 Å². The zero-order chi connectivity index (χ0) is 13.1. The van der Waals surface area contributed by atoms with Gasteiger partial charge < -0.3 is 5.11 Å². The van der Waals surface area contributed by atoms with E-state index in [4.69, 9.17) is 17.6 Å². The van der Waals surface area contributed by atoms with Gasteiger partial charge in [-0.1, -0.05) is 23.7 Å². The minimum absolute atomic E-state index is 0.114. The highest BCUT2D eigenvalue weighted by molar-refractivity contribution is 7.71. The zero-order valence-electron chi connectivity index (χ0n) is 10.1. The second-order valence-electron chi connectivity index (χ2n) is 3.94. The summed E-state index contributed by atoms with van der Waals surface area (Å²) < 4.78 is 1.87. The molecule has 1 aromatic heterocycles. The highest BCUT2D eigenvalue weighted by Crippen LogP contribution is 2.15. The SMILES string of the molecule is CCCc1nc(=S)n(C(=[NH2+])c2ccccc2O)[nH]1. The molecule has 0 amide bonds. The Bertz CT molecular complexity index is 629. The maximum absolute atomic E-state index is 9.76. The molecule has 0 aliphatic rings. The Hall–Kier alpha value is -1.95. The molecule has 0 atom stereocenters. The first-order valence-electron chi connectivity index (χ1n) is 5.72. The molecular formula is C12H15N4OS+. The number of nitrogens with zero attached hydrogens (tertiary/aromatic N) is 2. The number of phenols is 1. The minimum Gasteiger partial charge on any atom is -0.507 e. The second-order valence-corrected chi connectivity index (χ2v) is 4.31. The van der Waals surface area contributed by atoms with Gasteiger partial charge in [0.05, 0.1) is 0 Å². The third-order valence-electron chi connectivity index (χ3n) is 2.57. The summed E-state index contributed by atoms with van der Waals surface area (Å²) in [6.45, 7) is 2.06. The van der Waals surface area contributed by atoms with Crippen LogP contribution in [0.4, 0.5) is 0 Å². The smallest absolute Gasteiger partial charge is 0.315 e. The summed E-state index contributed by atoms with van der Waals surface area (Å²) in [5.74, 6) is 1.25. The predicted octanol–water partition coefficient (Wildman–Crippen LogP) is 0.653. The number of rotatable bonds is 3. The lowest BCUT2D eigenvalue weighted by Crippen LogP contribution is -2.45. The van der Waals surface area contributed by atoms with Crippen LogP contribution in [0.1, 0.15) is 24.7 Å². The van der Waals surface area contributed by atoms with Crippen LogP contribution in [-0.4, -0.2) is 25.7 Å². The number of aromatic nitrogens is 3. The molecule has 0 saturated heterocycles. The van der Waals surface area contributed by atoms with Gasteiger partial charge in [-0.2, -0.15) is 4.98 Å². The molecule has 2 rings (SSSR count). The Morgan fingerprint density at radius 1 is 1.50 bits per heavy atom. The first kappa shape index (κ1) is 12.5. The number of nitrogens with two attached hydrogens (primary N) is 1. The zero-order valence-corrected chi connectivity index (χ0v) is 10.9. The minimum atomic E-state index is 0.114. The molecule has 6 heteroatoms. The molecule has 94 valence electrons. The van der Waals surface area contributed by atoms with Gasteiger partial charge in [-0.25, -0.2) is 5.10 Å². The van der Waals surface area contributed by atoms with Crippen molar-refractivity contribution in [2.45, 2.75) is 19.8 Å².